The summed E-state index contributed by atoms with van der Waals surface area (Å²) in [6.45, 7) is 1.64. The highest BCUT2D eigenvalue weighted by atomic mass is 32.2. The van der Waals surface area contributed by atoms with Gasteiger partial charge in [-0.1, -0.05) is 0 Å². The lowest BCUT2D eigenvalue weighted by Gasteiger charge is -2.09. The molecule has 2 unspecified atom stereocenters. The summed E-state index contributed by atoms with van der Waals surface area (Å²) in [7, 11) is 0.152. The van der Waals surface area contributed by atoms with Crippen molar-refractivity contribution in [3.8, 4) is 11.5 Å². The highest BCUT2D eigenvalue weighted by Gasteiger charge is 2.18. The van der Waals surface area contributed by atoms with Crippen molar-refractivity contribution in [1.82, 2.24) is 0 Å². The molecule has 0 fully saturated rings. The van der Waals surface area contributed by atoms with Crippen LogP contribution in [0.3, 0.4) is 0 Å². The van der Waals surface area contributed by atoms with E-state index in [2.05, 4.69) is 0 Å². The van der Waals surface area contributed by atoms with Gasteiger partial charge in [-0.3, -0.25) is 9.00 Å². The zero-order chi connectivity index (χ0) is 13.5. The largest absolute Gasteiger partial charge is 0.497 e. The lowest BCUT2D eigenvalue weighted by molar-refractivity contribution is -0.136. The summed E-state index contributed by atoms with van der Waals surface area (Å²) in [5.41, 5.74) is 0. The number of aliphatic carboxylic acids is 1. The molecule has 0 saturated carbocycles. The second-order valence-electron chi connectivity index (χ2n) is 3.59. The molecule has 18 heavy (non-hydrogen) atoms. The molecule has 0 aliphatic carbocycles. The molecule has 5 nitrogen and oxygen atoms in total. The maximum atomic E-state index is 11.5. The normalized spacial score (nSPS) is 13.7. The van der Waals surface area contributed by atoms with E-state index < -0.39 is 22.0 Å². The van der Waals surface area contributed by atoms with Crippen LogP contribution in [0.4, 0.5) is 0 Å². The van der Waals surface area contributed by atoms with Gasteiger partial charge < -0.3 is 14.6 Å². The van der Waals surface area contributed by atoms with E-state index >= 15 is 0 Å². The Morgan fingerprint density at radius 1 is 1.33 bits per heavy atom. The van der Waals surface area contributed by atoms with E-state index in [1.807, 2.05) is 0 Å². The minimum atomic E-state index is -1.42. The first-order valence-electron chi connectivity index (χ1n) is 5.41. The zero-order valence-electron chi connectivity index (χ0n) is 10.3. The maximum absolute atomic E-state index is 11.5. The van der Waals surface area contributed by atoms with Crippen molar-refractivity contribution in [1.29, 1.82) is 0 Å². The average molecular weight is 272 g/mol. The molecule has 0 aliphatic heterocycles. The molecule has 2 atom stereocenters. The molecule has 0 radical (unpaired) electrons. The molecule has 0 bridgehead atoms. The molecule has 0 aromatic heterocycles. The van der Waals surface area contributed by atoms with Crippen LogP contribution in [-0.2, 0) is 15.6 Å². The minimum Gasteiger partial charge on any atom is -0.497 e. The second-order valence-corrected chi connectivity index (χ2v) is 5.47. The third-order valence-electron chi connectivity index (χ3n) is 2.35. The van der Waals surface area contributed by atoms with Crippen LogP contribution in [0.1, 0.15) is 6.92 Å². The van der Waals surface area contributed by atoms with Gasteiger partial charge in [-0.2, -0.15) is 0 Å². The van der Waals surface area contributed by atoms with E-state index in [4.69, 9.17) is 14.6 Å². The van der Waals surface area contributed by atoms with Gasteiger partial charge in [0, 0.05) is 10.8 Å². The fourth-order valence-corrected chi connectivity index (χ4v) is 2.03. The van der Waals surface area contributed by atoms with Gasteiger partial charge in [-0.15, -0.1) is 0 Å². The number of hydrogen-bond donors (Lipinski definition) is 1. The van der Waals surface area contributed by atoms with Crippen molar-refractivity contribution in [2.24, 2.45) is 0 Å². The fourth-order valence-electron chi connectivity index (χ4n) is 1.20. The topological polar surface area (TPSA) is 72.8 Å². The van der Waals surface area contributed by atoms with Crippen LogP contribution >= 0.6 is 0 Å². The van der Waals surface area contributed by atoms with Crippen molar-refractivity contribution in [3.63, 3.8) is 0 Å². The number of rotatable bonds is 7. The first-order valence-corrected chi connectivity index (χ1v) is 6.79. The quantitative estimate of drug-likeness (QED) is 0.810. The number of carbonyl (C=O) groups is 1. The third-order valence-corrected chi connectivity index (χ3v) is 3.91. The highest BCUT2D eigenvalue weighted by Crippen LogP contribution is 2.16. The molecule has 100 valence electrons. The van der Waals surface area contributed by atoms with Gasteiger partial charge >= 0.3 is 5.97 Å². The van der Waals surface area contributed by atoms with E-state index in [9.17, 15) is 9.00 Å². The first kappa shape index (κ1) is 14.5. The van der Waals surface area contributed by atoms with Gasteiger partial charge in [0.2, 0.25) is 0 Å². The number of carboxylic acid groups (broad SMARTS) is 1. The van der Waals surface area contributed by atoms with Crippen molar-refractivity contribution in [3.05, 3.63) is 24.3 Å². The van der Waals surface area contributed by atoms with E-state index in [-0.39, 0.29) is 12.4 Å². The first-order chi connectivity index (χ1) is 8.54. The summed E-state index contributed by atoms with van der Waals surface area (Å²) < 4.78 is 21.9. The Morgan fingerprint density at radius 2 is 1.89 bits per heavy atom. The van der Waals surface area contributed by atoms with Gasteiger partial charge in [0.1, 0.15) is 16.7 Å². The molecule has 6 heteroatoms. The summed E-state index contributed by atoms with van der Waals surface area (Å²) >= 11 is 0. The van der Waals surface area contributed by atoms with E-state index in [1.54, 1.807) is 31.4 Å². The van der Waals surface area contributed by atoms with Crippen molar-refractivity contribution < 1.29 is 23.6 Å². The summed E-state index contributed by atoms with van der Waals surface area (Å²) in [5.74, 6) is 0.499. The van der Waals surface area contributed by atoms with Crippen LogP contribution < -0.4 is 9.47 Å². The van der Waals surface area contributed by atoms with Crippen LogP contribution in [0.15, 0.2) is 24.3 Å². The predicted molar refractivity (Wildman–Crippen MR) is 68.6 cm³/mol. The van der Waals surface area contributed by atoms with Crippen LogP contribution in [-0.4, -0.2) is 40.0 Å². The molecule has 0 saturated heterocycles. The van der Waals surface area contributed by atoms with Gasteiger partial charge in [0.25, 0.3) is 0 Å². The molecule has 0 heterocycles. The average Bonchev–Trinajstić information content (AvgIpc) is 2.38. The molecule has 1 aromatic rings. The second kappa shape index (κ2) is 7.00. The molecule has 1 rings (SSSR count). The van der Waals surface area contributed by atoms with E-state index in [1.165, 1.54) is 6.92 Å². The SMILES string of the molecule is COc1ccc(OCCS(=O)C(C)C(=O)O)cc1. The number of benzene rings is 1. The third kappa shape index (κ3) is 4.37. The molecule has 0 amide bonds. The Bertz CT molecular complexity index is 415. The van der Waals surface area contributed by atoms with Gasteiger partial charge in [-0.05, 0) is 31.2 Å². The Kier molecular flexibility index (Phi) is 5.64. The Labute approximate surface area is 108 Å². The minimum absolute atomic E-state index is 0.194. The molecule has 1 N–H and O–H groups in total. The molecular formula is C12H16O5S. The number of methoxy groups -OCH3 is 1. The van der Waals surface area contributed by atoms with Crippen LogP contribution in [0.2, 0.25) is 0 Å². The number of ether oxygens (including phenoxy) is 2. The van der Waals surface area contributed by atoms with Crippen molar-refractivity contribution >= 4 is 16.8 Å². The fraction of sp³-hybridized carbons (Fsp3) is 0.417. The summed E-state index contributed by atoms with van der Waals surface area (Å²) in [5, 5.41) is 7.81. The van der Waals surface area contributed by atoms with Crippen LogP contribution in [0.5, 0.6) is 11.5 Å². The summed E-state index contributed by atoms with van der Waals surface area (Å²) in [4.78, 5) is 10.6. The Morgan fingerprint density at radius 3 is 2.39 bits per heavy atom. The summed E-state index contributed by atoms with van der Waals surface area (Å²) in [6.07, 6.45) is 0. The Balaban J connectivity index is 2.37. The smallest absolute Gasteiger partial charge is 0.318 e. The number of hydrogen-bond acceptors (Lipinski definition) is 4. The monoisotopic (exact) mass is 272 g/mol. The molecule has 0 aliphatic rings. The van der Waals surface area contributed by atoms with Gasteiger partial charge in [0.15, 0.2) is 0 Å². The van der Waals surface area contributed by atoms with Gasteiger partial charge in [-0.25, -0.2) is 0 Å². The van der Waals surface area contributed by atoms with Crippen molar-refractivity contribution in [2.75, 3.05) is 19.5 Å². The highest BCUT2D eigenvalue weighted by molar-refractivity contribution is 7.86. The predicted octanol–water partition coefficient (Wildman–Crippen LogP) is 1.30. The van der Waals surface area contributed by atoms with Crippen molar-refractivity contribution in [2.45, 2.75) is 12.2 Å². The lowest BCUT2D eigenvalue weighted by atomic mass is 10.3. The van der Waals surface area contributed by atoms with E-state index in [0.29, 0.717) is 5.75 Å². The zero-order valence-corrected chi connectivity index (χ0v) is 11.1. The number of carboxylic acids is 1. The standard InChI is InChI=1S/C12H16O5S/c1-9(12(13)14)18(15)8-7-17-11-5-3-10(16-2)4-6-11/h3-6,9H,7-8H2,1-2H3,(H,13,14). The summed E-state index contributed by atoms with van der Waals surface area (Å²) in [6, 6.07) is 6.99. The van der Waals surface area contributed by atoms with Crippen LogP contribution in [0.25, 0.3) is 0 Å². The maximum Gasteiger partial charge on any atom is 0.318 e. The van der Waals surface area contributed by atoms with Crippen LogP contribution in [0, 0.1) is 0 Å². The van der Waals surface area contributed by atoms with E-state index in [0.717, 1.165) is 5.75 Å². The molecule has 1 aromatic carbocycles. The molecular weight excluding hydrogens is 256 g/mol. The lowest BCUT2D eigenvalue weighted by Crippen LogP contribution is -2.25. The molecule has 0 spiro atoms. The van der Waals surface area contributed by atoms with Gasteiger partial charge in [0.05, 0.1) is 19.5 Å². The Hall–Kier alpha value is -1.56.